The first-order chi connectivity index (χ1) is 8.10. The van der Waals surface area contributed by atoms with E-state index in [2.05, 4.69) is 18.7 Å². The first-order valence-corrected chi connectivity index (χ1v) is 6.16. The van der Waals surface area contributed by atoms with Gasteiger partial charge in [-0.1, -0.05) is 32.0 Å². The highest BCUT2D eigenvalue weighted by molar-refractivity contribution is 5.94. The van der Waals surface area contributed by atoms with Gasteiger partial charge in [-0.25, -0.2) is 4.79 Å². The van der Waals surface area contributed by atoms with Crippen molar-refractivity contribution in [2.24, 2.45) is 0 Å². The number of ether oxygens (including phenoxy) is 1. The standard InChI is InChI=1S/C14H19NO2/c1-4-15(5-2)10-14(3)12-9-7-6-8-11(12)13(16)17-14/h6-9H,4-5,10H2,1-3H3/t14-/m1/s1. The molecule has 0 spiro atoms. The van der Waals surface area contributed by atoms with Crippen molar-refractivity contribution in [3.8, 4) is 0 Å². The van der Waals surface area contributed by atoms with Crippen molar-refractivity contribution in [3.63, 3.8) is 0 Å². The molecule has 1 aliphatic rings. The fourth-order valence-corrected chi connectivity index (χ4v) is 2.43. The first kappa shape index (κ1) is 12.1. The van der Waals surface area contributed by atoms with E-state index in [1.165, 1.54) is 0 Å². The van der Waals surface area contributed by atoms with Crippen molar-refractivity contribution in [1.82, 2.24) is 4.90 Å². The largest absolute Gasteiger partial charge is 0.449 e. The second-order valence-corrected chi connectivity index (χ2v) is 4.63. The van der Waals surface area contributed by atoms with Gasteiger partial charge in [0.1, 0.15) is 5.60 Å². The number of hydrogen-bond donors (Lipinski definition) is 0. The summed E-state index contributed by atoms with van der Waals surface area (Å²) in [5.41, 5.74) is 1.22. The van der Waals surface area contributed by atoms with Crippen LogP contribution in [0.2, 0.25) is 0 Å². The van der Waals surface area contributed by atoms with Crippen LogP contribution in [0, 0.1) is 0 Å². The van der Waals surface area contributed by atoms with Gasteiger partial charge < -0.3 is 4.74 Å². The predicted molar refractivity (Wildman–Crippen MR) is 67.0 cm³/mol. The Balaban J connectivity index is 2.31. The van der Waals surface area contributed by atoms with E-state index in [0.717, 1.165) is 25.2 Å². The molecule has 0 radical (unpaired) electrons. The number of rotatable bonds is 4. The van der Waals surface area contributed by atoms with Crippen molar-refractivity contribution in [3.05, 3.63) is 35.4 Å². The number of cyclic esters (lactones) is 1. The fraction of sp³-hybridized carbons (Fsp3) is 0.500. The molecule has 1 atom stereocenters. The fourth-order valence-electron chi connectivity index (χ4n) is 2.43. The van der Waals surface area contributed by atoms with E-state index >= 15 is 0 Å². The van der Waals surface area contributed by atoms with Crippen LogP contribution in [-0.2, 0) is 10.3 Å². The van der Waals surface area contributed by atoms with Crippen molar-refractivity contribution in [2.75, 3.05) is 19.6 Å². The summed E-state index contributed by atoms with van der Waals surface area (Å²) < 4.78 is 5.57. The lowest BCUT2D eigenvalue weighted by molar-refractivity contribution is -0.0152. The van der Waals surface area contributed by atoms with Crippen LogP contribution in [0.4, 0.5) is 0 Å². The zero-order valence-corrected chi connectivity index (χ0v) is 10.7. The highest BCUT2D eigenvalue weighted by Crippen LogP contribution is 2.36. The molecule has 0 N–H and O–H groups in total. The van der Waals surface area contributed by atoms with Gasteiger partial charge in [-0.15, -0.1) is 0 Å². The van der Waals surface area contributed by atoms with E-state index in [1.54, 1.807) is 0 Å². The molecular weight excluding hydrogens is 214 g/mol. The van der Waals surface area contributed by atoms with Gasteiger partial charge in [0, 0.05) is 12.1 Å². The number of fused-ring (bicyclic) bond motifs is 1. The Morgan fingerprint density at radius 2 is 1.88 bits per heavy atom. The summed E-state index contributed by atoms with van der Waals surface area (Å²) >= 11 is 0. The maximum absolute atomic E-state index is 11.8. The van der Waals surface area contributed by atoms with Crippen LogP contribution in [0.25, 0.3) is 0 Å². The third kappa shape index (κ3) is 2.07. The number of nitrogens with zero attached hydrogens (tertiary/aromatic N) is 1. The Labute approximate surface area is 102 Å². The minimum atomic E-state index is -0.500. The molecule has 0 bridgehead atoms. The predicted octanol–water partition coefficient (Wildman–Crippen LogP) is 2.41. The van der Waals surface area contributed by atoms with Crippen molar-refractivity contribution in [2.45, 2.75) is 26.4 Å². The lowest BCUT2D eigenvalue weighted by atomic mass is 9.93. The van der Waals surface area contributed by atoms with Gasteiger partial charge in [-0.3, -0.25) is 4.90 Å². The van der Waals surface area contributed by atoms with Crippen LogP contribution < -0.4 is 0 Å². The molecule has 2 rings (SSSR count). The zero-order valence-electron chi connectivity index (χ0n) is 10.7. The molecular formula is C14H19NO2. The van der Waals surface area contributed by atoms with Gasteiger partial charge in [0.05, 0.1) is 5.56 Å². The number of esters is 1. The molecule has 1 aromatic carbocycles. The molecule has 17 heavy (non-hydrogen) atoms. The SMILES string of the molecule is CCN(CC)C[C@@]1(C)OC(=O)c2ccccc21. The van der Waals surface area contributed by atoms with Crippen LogP contribution in [0.5, 0.6) is 0 Å². The van der Waals surface area contributed by atoms with Gasteiger partial charge in [-0.05, 0) is 26.1 Å². The summed E-state index contributed by atoms with van der Waals surface area (Å²) in [5.74, 6) is -0.199. The third-order valence-corrected chi connectivity index (χ3v) is 3.45. The van der Waals surface area contributed by atoms with Crippen LogP contribution >= 0.6 is 0 Å². The Bertz CT molecular complexity index is 426. The molecule has 0 aliphatic carbocycles. The second kappa shape index (κ2) is 4.49. The Morgan fingerprint density at radius 1 is 1.24 bits per heavy atom. The summed E-state index contributed by atoms with van der Waals surface area (Å²) in [7, 11) is 0. The van der Waals surface area contributed by atoms with E-state index in [9.17, 15) is 4.79 Å². The van der Waals surface area contributed by atoms with Crippen molar-refractivity contribution < 1.29 is 9.53 Å². The number of carbonyl (C=O) groups is 1. The molecule has 1 aromatic rings. The lowest BCUT2D eigenvalue weighted by Gasteiger charge is -2.30. The molecule has 0 unspecified atom stereocenters. The molecule has 1 aliphatic heterocycles. The Hall–Kier alpha value is -1.35. The lowest BCUT2D eigenvalue weighted by Crippen LogP contribution is -2.39. The van der Waals surface area contributed by atoms with E-state index in [-0.39, 0.29) is 5.97 Å². The van der Waals surface area contributed by atoms with Gasteiger partial charge in [0.25, 0.3) is 0 Å². The molecule has 0 amide bonds. The second-order valence-electron chi connectivity index (χ2n) is 4.63. The maximum atomic E-state index is 11.8. The maximum Gasteiger partial charge on any atom is 0.339 e. The Kier molecular flexibility index (Phi) is 3.20. The molecule has 0 fully saturated rings. The average molecular weight is 233 g/mol. The summed E-state index contributed by atoms with van der Waals surface area (Å²) in [6.07, 6.45) is 0. The number of hydrogen-bond acceptors (Lipinski definition) is 3. The summed E-state index contributed by atoms with van der Waals surface area (Å²) in [5, 5.41) is 0. The molecule has 3 heteroatoms. The smallest absolute Gasteiger partial charge is 0.339 e. The minimum absolute atomic E-state index is 0.199. The number of carbonyl (C=O) groups excluding carboxylic acids is 1. The highest BCUT2D eigenvalue weighted by Gasteiger charge is 2.42. The van der Waals surface area contributed by atoms with Crippen molar-refractivity contribution in [1.29, 1.82) is 0 Å². The van der Waals surface area contributed by atoms with E-state index in [4.69, 9.17) is 4.74 Å². The van der Waals surface area contributed by atoms with Crippen LogP contribution in [0.15, 0.2) is 24.3 Å². The minimum Gasteiger partial charge on any atom is -0.449 e. The van der Waals surface area contributed by atoms with Crippen molar-refractivity contribution >= 4 is 5.97 Å². The normalized spacial score (nSPS) is 22.7. The average Bonchev–Trinajstić information content (AvgIpc) is 2.60. The molecule has 0 aromatic heterocycles. The molecule has 0 saturated carbocycles. The Morgan fingerprint density at radius 3 is 2.53 bits per heavy atom. The molecule has 92 valence electrons. The molecule has 3 nitrogen and oxygen atoms in total. The highest BCUT2D eigenvalue weighted by atomic mass is 16.6. The zero-order chi connectivity index (χ0) is 12.5. The number of likely N-dealkylation sites (N-methyl/N-ethyl adjacent to an activating group) is 1. The van der Waals surface area contributed by atoms with Crippen LogP contribution in [-0.4, -0.2) is 30.5 Å². The monoisotopic (exact) mass is 233 g/mol. The molecule has 0 saturated heterocycles. The van der Waals surface area contributed by atoms with E-state index in [0.29, 0.717) is 5.56 Å². The first-order valence-electron chi connectivity index (χ1n) is 6.16. The van der Waals surface area contributed by atoms with Gasteiger partial charge in [0.2, 0.25) is 0 Å². The van der Waals surface area contributed by atoms with Crippen LogP contribution in [0.3, 0.4) is 0 Å². The quantitative estimate of drug-likeness (QED) is 0.748. The van der Waals surface area contributed by atoms with Gasteiger partial charge in [-0.2, -0.15) is 0 Å². The third-order valence-electron chi connectivity index (χ3n) is 3.45. The van der Waals surface area contributed by atoms with E-state index in [1.807, 2.05) is 31.2 Å². The van der Waals surface area contributed by atoms with Crippen LogP contribution in [0.1, 0.15) is 36.7 Å². The van der Waals surface area contributed by atoms with E-state index < -0.39 is 5.60 Å². The van der Waals surface area contributed by atoms with Gasteiger partial charge >= 0.3 is 5.97 Å². The molecule has 1 heterocycles. The summed E-state index contributed by atoms with van der Waals surface area (Å²) in [6, 6.07) is 7.67. The summed E-state index contributed by atoms with van der Waals surface area (Å²) in [4.78, 5) is 14.1. The van der Waals surface area contributed by atoms with Gasteiger partial charge in [0.15, 0.2) is 0 Å². The summed E-state index contributed by atoms with van der Waals surface area (Å²) in [6.45, 7) is 8.92. The topological polar surface area (TPSA) is 29.5 Å². The number of benzene rings is 1.